The summed E-state index contributed by atoms with van der Waals surface area (Å²) >= 11 is 0. The maximum Gasteiger partial charge on any atom is 0.355 e. The first-order chi connectivity index (χ1) is 15.8. The van der Waals surface area contributed by atoms with Gasteiger partial charge in [-0.3, -0.25) is 14.9 Å². The third-order valence-corrected chi connectivity index (χ3v) is 4.70. The molecule has 1 aliphatic rings. The number of nitrogens with zero attached hydrogens (tertiary/aromatic N) is 2. The lowest BCUT2D eigenvalue weighted by Gasteiger charge is -2.25. The highest BCUT2D eigenvalue weighted by Crippen LogP contribution is 2.33. The third-order valence-electron chi connectivity index (χ3n) is 4.70. The fourth-order valence-electron chi connectivity index (χ4n) is 3.17. The number of nitro benzene ring substituents is 1. The highest BCUT2D eigenvalue weighted by Gasteiger charge is 2.31. The molecular formula is C23H17FN2O7. The molecule has 1 aliphatic heterocycles. The van der Waals surface area contributed by atoms with E-state index >= 15 is 0 Å². The molecule has 0 aliphatic carbocycles. The van der Waals surface area contributed by atoms with Gasteiger partial charge in [-0.2, -0.15) is 0 Å². The largest absolute Gasteiger partial charge is 0.465 e. The van der Waals surface area contributed by atoms with Crippen LogP contribution in [0.15, 0.2) is 78.2 Å². The number of carbonyl (C=O) groups excluding carboxylic acids is 3. The van der Waals surface area contributed by atoms with E-state index in [1.807, 2.05) is 0 Å². The van der Waals surface area contributed by atoms with Crippen molar-refractivity contribution in [1.29, 1.82) is 0 Å². The first kappa shape index (κ1) is 23.1. The lowest BCUT2D eigenvalue weighted by molar-refractivity contribution is -0.384. The Labute approximate surface area is 187 Å². The maximum atomic E-state index is 14.4. The second kappa shape index (κ2) is 9.69. The van der Waals surface area contributed by atoms with Crippen LogP contribution in [-0.4, -0.2) is 36.9 Å². The second-order valence-corrected chi connectivity index (χ2v) is 6.58. The van der Waals surface area contributed by atoms with Crippen LogP contribution in [0.1, 0.15) is 15.9 Å². The van der Waals surface area contributed by atoms with Crippen LogP contribution in [0.3, 0.4) is 0 Å². The Bertz CT molecular complexity index is 1250. The van der Waals surface area contributed by atoms with Crippen molar-refractivity contribution in [2.45, 2.75) is 0 Å². The molecule has 0 N–H and O–H groups in total. The lowest BCUT2D eigenvalue weighted by atomic mass is 9.99. The number of allylic oxidation sites excluding steroid dienone is 2. The molecule has 0 aromatic heterocycles. The molecule has 0 saturated heterocycles. The molecule has 9 nitrogen and oxygen atoms in total. The number of methoxy groups -OCH3 is 2. The van der Waals surface area contributed by atoms with Crippen molar-refractivity contribution >= 4 is 29.1 Å². The minimum atomic E-state index is -0.936. The predicted molar refractivity (Wildman–Crippen MR) is 115 cm³/mol. The Hall–Kier alpha value is -4.60. The average molecular weight is 452 g/mol. The van der Waals surface area contributed by atoms with Crippen LogP contribution < -0.4 is 4.90 Å². The van der Waals surface area contributed by atoms with Gasteiger partial charge in [-0.25, -0.2) is 14.0 Å². The minimum Gasteiger partial charge on any atom is -0.465 e. The number of rotatable bonds is 6. The van der Waals surface area contributed by atoms with E-state index in [2.05, 4.69) is 0 Å². The molecule has 1 heterocycles. The molecule has 2 aromatic rings. The van der Waals surface area contributed by atoms with Crippen LogP contribution in [0.5, 0.6) is 0 Å². The van der Waals surface area contributed by atoms with Gasteiger partial charge >= 0.3 is 11.9 Å². The Morgan fingerprint density at radius 2 is 1.67 bits per heavy atom. The van der Waals surface area contributed by atoms with E-state index in [1.165, 1.54) is 48.7 Å². The molecule has 3 rings (SSSR count). The first-order valence-electron chi connectivity index (χ1n) is 9.42. The van der Waals surface area contributed by atoms with Crippen molar-refractivity contribution in [2.24, 2.45) is 0 Å². The molecule has 0 radical (unpaired) electrons. The zero-order valence-electron chi connectivity index (χ0n) is 17.5. The maximum absolute atomic E-state index is 14.4. The normalized spacial score (nSPS) is 12.9. The summed E-state index contributed by atoms with van der Waals surface area (Å²) in [7, 11) is 2.22. The van der Waals surface area contributed by atoms with Gasteiger partial charge in [-0.1, -0.05) is 18.2 Å². The summed E-state index contributed by atoms with van der Waals surface area (Å²) in [5.41, 5.74) is -1.52. The van der Waals surface area contributed by atoms with Gasteiger partial charge in [0.15, 0.2) is 5.78 Å². The Morgan fingerprint density at radius 1 is 0.970 bits per heavy atom. The van der Waals surface area contributed by atoms with E-state index in [0.717, 1.165) is 37.3 Å². The number of hydrogen-bond acceptors (Lipinski definition) is 8. The SMILES string of the molecule is COC(=O)C1=C(C(=O)OC)N(c2ccc([N+](=O)[O-])cc2C(=O)c2ccccc2F)C=CC=C1. The molecular weight excluding hydrogens is 435 g/mol. The van der Waals surface area contributed by atoms with Gasteiger partial charge in [0.25, 0.3) is 5.69 Å². The molecule has 168 valence electrons. The molecule has 0 amide bonds. The van der Waals surface area contributed by atoms with Crippen LogP contribution in [0.4, 0.5) is 15.8 Å². The van der Waals surface area contributed by atoms with Crippen molar-refractivity contribution < 1.29 is 33.2 Å². The van der Waals surface area contributed by atoms with Crippen LogP contribution in [-0.2, 0) is 19.1 Å². The molecule has 0 bridgehead atoms. The molecule has 0 atom stereocenters. The smallest absolute Gasteiger partial charge is 0.355 e. The average Bonchev–Trinajstić information content (AvgIpc) is 3.05. The summed E-state index contributed by atoms with van der Waals surface area (Å²) < 4.78 is 23.9. The summed E-state index contributed by atoms with van der Waals surface area (Å²) in [6.07, 6.45) is 5.60. The van der Waals surface area contributed by atoms with E-state index in [9.17, 15) is 28.9 Å². The molecule has 10 heteroatoms. The van der Waals surface area contributed by atoms with Crippen molar-refractivity contribution in [3.63, 3.8) is 0 Å². The van der Waals surface area contributed by atoms with Crippen molar-refractivity contribution in [3.8, 4) is 0 Å². The van der Waals surface area contributed by atoms with E-state index in [1.54, 1.807) is 0 Å². The van der Waals surface area contributed by atoms with Gasteiger partial charge in [0, 0.05) is 18.3 Å². The van der Waals surface area contributed by atoms with E-state index in [0.29, 0.717) is 0 Å². The van der Waals surface area contributed by atoms with Crippen LogP contribution in [0, 0.1) is 15.9 Å². The van der Waals surface area contributed by atoms with Crippen LogP contribution >= 0.6 is 0 Å². The molecule has 0 unspecified atom stereocenters. The van der Waals surface area contributed by atoms with Gasteiger partial charge < -0.3 is 14.4 Å². The number of halogens is 1. The van der Waals surface area contributed by atoms with Crippen molar-refractivity contribution in [2.75, 3.05) is 19.1 Å². The number of nitro groups is 1. The highest BCUT2D eigenvalue weighted by molar-refractivity contribution is 6.14. The predicted octanol–water partition coefficient (Wildman–Crippen LogP) is 3.45. The number of hydrogen-bond donors (Lipinski definition) is 0. The van der Waals surface area contributed by atoms with E-state index in [4.69, 9.17) is 9.47 Å². The number of ketones is 1. The topological polar surface area (TPSA) is 116 Å². The van der Waals surface area contributed by atoms with Crippen molar-refractivity contribution in [1.82, 2.24) is 0 Å². The lowest BCUT2D eigenvalue weighted by Crippen LogP contribution is -2.28. The van der Waals surface area contributed by atoms with Gasteiger partial charge in [0.05, 0.1) is 41.5 Å². The standard InChI is InChI=1S/C23H17FN2O7/c1-32-22(28)16-8-5-6-12-25(20(16)23(29)33-2)19-11-10-14(26(30)31)13-17(19)21(27)15-7-3-4-9-18(15)24/h3-13H,1-2H3. The van der Waals surface area contributed by atoms with Crippen LogP contribution in [0.2, 0.25) is 0 Å². The number of ether oxygens (including phenoxy) is 2. The molecule has 33 heavy (non-hydrogen) atoms. The Balaban J connectivity index is 2.31. The fourth-order valence-corrected chi connectivity index (χ4v) is 3.17. The molecule has 0 saturated carbocycles. The first-order valence-corrected chi connectivity index (χ1v) is 9.42. The number of esters is 2. The quantitative estimate of drug-likeness (QED) is 0.283. The number of carbonyl (C=O) groups is 3. The summed E-state index contributed by atoms with van der Waals surface area (Å²) in [5, 5.41) is 11.4. The van der Waals surface area contributed by atoms with Gasteiger partial charge in [0.1, 0.15) is 11.5 Å². The zero-order chi connectivity index (χ0) is 24.1. The summed E-state index contributed by atoms with van der Waals surface area (Å²) in [6, 6.07) is 8.46. The summed E-state index contributed by atoms with van der Waals surface area (Å²) in [6.45, 7) is 0. The number of benzene rings is 2. The monoisotopic (exact) mass is 452 g/mol. The van der Waals surface area contributed by atoms with Crippen LogP contribution in [0.25, 0.3) is 0 Å². The van der Waals surface area contributed by atoms with Gasteiger partial charge in [-0.15, -0.1) is 0 Å². The Morgan fingerprint density at radius 3 is 2.30 bits per heavy atom. The van der Waals surface area contributed by atoms with Gasteiger partial charge in [0.2, 0.25) is 0 Å². The fraction of sp³-hybridized carbons (Fsp3) is 0.0870. The minimum absolute atomic E-state index is 0.0180. The second-order valence-electron chi connectivity index (χ2n) is 6.58. The van der Waals surface area contributed by atoms with Gasteiger partial charge in [-0.05, 0) is 30.4 Å². The molecule has 0 fully saturated rings. The van der Waals surface area contributed by atoms with Crippen molar-refractivity contribution in [3.05, 3.63) is 105 Å². The zero-order valence-corrected chi connectivity index (χ0v) is 17.5. The summed E-state index contributed by atoms with van der Waals surface area (Å²) in [5.74, 6) is -3.48. The van der Waals surface area contributed by atoms with E-state index in [-0.39, 0.29) is 28.1 Å². The highest BCUT2D eigenvalue weighted by atomic mass is 19.1. The third kappa shape index (κ3) is 4.54. The number of anilines is 1. The molecule has 2 aromatic carbocycles. The number of non-ortho nitro benzene ring substituents is 1. The summed E-state index contributed by atoms with van der Waals surface area (Å²) in [4.78, 5) is 50.1. The Kier molecular flexibility index (Phi) is 6.77. The van der Waals surface area contributed by atoms with E-state index < -0.39 is 34.1 Å². The molecule has 0 spiro atoms.